The third-order valence-electron chi connectivity index (χ3n) is 4.01. The molecular formula is C16H25NO2. The number of benzene rings is 1. The second kappa shape index (κ2) is 6.51. The molecule has 19 heavy (non-hydrogen) atoms. The van der Waals surface area contributed by atoms with Gasteiger partial charge in [-0.3, -0.25) is 4.90 Å². The molecule has 1 aromatic carbocycles. The largest absolute Gasteiger partial charge is 0.387 e. The summed E-state index contributed by atoms with van der Waals surface area (Å²) in [5.74, 6) is 0. The minimum absolute atomic E-state index is 0.156. The van der Waals surface area contributed by atoms with Crippen LogP contribution >= 0.6 is 0 Å². The van der Waals surface area contributed by atoms with Crippen LogP contribution < -0.4 is 0 Å². The first kappa shape index (κ1) is 14.5. The Balaban J connectivity index is 2.14. The average Bonchev–Trinajstić information content (AvgIpc) is 2.44. The lowest BCUT2D eigenvalue weighted by Gasteiger charge is -2.43. The van der Waals surface area contributed by atoms with E-state index in [0.29, 0.717) is 6.04 Å². The van der Waals surface area contributed by atoms with Crippen molar-refractivity contribution in [3.05, 3.63) is 35.9 Å². The predicted molar refractivity (Wildman–Crippen MR) is 77.1 cm³/mol. The Kier molecular flexibility index (Phi) is 4.97. The lowest BCUT2D eigenvalue weighted by Crippen LogP contribution is -2.53. The van der Waals surface area contributed by atoms with Gasteiger partial charge < -0.3 is 9.84 Å². The van der Waals surface area contributed by atoms with Gasteiger partial charge in [-0.05, 0) is 25.8 Å². The molecular weight excluding hydrogens is 238 g/mol. The van der Waals surface area contributed by atoms with Crippen molar-refractivity contribution >= 4 is 0 Å². The zero-order chi connectivity index (χ0) is 13.8. The Morgan fingerprint density at radius 1 is 1.32 bits per heavy atom. The van der Waals surface area contributed by atoms with Gasteiger partial charge in [-0.15, -0.1) is 0 Å². The molecule has 1 fully saturated rings. The fourth-order valence-electron chi connectivity index (χ4n) is 2.90. The van der Waals surface area contributed by atoms with Crippen molar-refractivity contribution in [3.8, 4) is 0 Å². The highest BCUT2D eigenvalue weighted by Crippen LogP contribution is 2.27. The molecule has 1 aliphatic rings. The second-order valence-electron chi connectivity index (χ2n) is 5.52. The van der Waals surface area contributed by atoms with Gasteiger partial charge in [-0.2, -0.15) is 0 Å². The van der Waals surface area contributed by atoms with Gasteiger partial charge in [0.1, 0.15) is 0 Å². The standard InChI is InChI=1S/C16H25NO2/c1-4-15(16(18)14-8-6-5-7-9-14)17-10-13(3)19-11-12(17)2/h5-9,12-13,15-16,18H,4,10-11H2,1-3H3. The van der Waals surface area contributed by atoms with E-state index in [-0.39, 0.29) is 12.1 Å². The van der Waals surface area contributed by atoms with Crippen LogP contribution in [-0.4, -0.2) is 41.3 Å². The quantitative estimate of drug-likeness (QED) is 0.906. The van der Waals surface area contributed by atoms with Crippen LogP contribution in [0, 0.1) is 0 Å². The molecule has 1 saturated heterocycles. The van der Waals surface area contributed by atoms with E-state index in [2.05, 4.69) is 25.7 Å². The maximum Gasteiger partial charge on any atom is 0.0945 e. The third-order valence-corrected chi connectivity index (χ3v) is 4.01. The molecule has 0 saturated carbocycles. The first-order valence-electron chi connectivity index (χ1n) is 7.23. The summed E-state index contributed by atoms with van der Waals surface area (Å²) in [5.41, 5.74) is 1.00. The zero-order valence-electron chi connectivity index (χ0n) is 12.1. The molecule has 1 aliphatic heterocycles. The van der Waals surface area contributed by atoms with Gasteiger partial charge in [-0.1, -0.05) is 37.3 Å². The van der Waals surface area contributed by atoms with Gasteiger partial charge in [0.05, 0.1) is 18.8 Å². The van der Waals surface area contributed by atoms with Crippen molar-refractivity contribution in [2.24, 2.45) is 0 Å². The Morgan fingerprint density at radius 3 is 2.63 bits per heavy atom. The van der Waals surface area contributed by atoms with Gasteiger partial charge >= 0.3 is 0 Å². The summed E-state index contributed by atoms with van der Waals surface area (Å²) in [6, 6.07) is 10.5. The number of nitrogens with zero attached hydrogens (tertiary/aromatic N) is 1. The Labute approximate surface area is 116 Å². The molecule has 0 radical (unpaired) electrons. The molecule has 2 rings (SSSR count). The molecule has 1 N–H and O–H groups in total. The molecule has 1 heterocycles. The molecule has 0 spiro atoms. The van der Waals surface area contributed by atoms with Crippen LogP contribution in [0.1, 0.15) is 38.9 Å². The van der Waals surface area contributed by atoms with Crippen LogP contribution in [0.2, 0.25) is 0 Å². The summed E-state index contributed by atoms with van der Waals surface area (Å²) >= 11 is 0. The number of aliphatic hydroxyl groups excluding tert-OH is 1. The van der Waals surface area contributed by atoms with E-state index in [1.165, 1.54) is 0 Å². The highest BCUT2D eigenvalue weighted by molar-refractivity contribution is 5.19. The van der Waals surface area contributed by atoms with Crippen molar-refractivity contribution < 1.29 is 9.84 Å². The lowest BCUT2D eigenvalue weighted by molar-refractivity contribution is -0.0884. The Bertz CT molecular complexity index is 382. The number of morpholine rings is 1. The average molecular weight is 263 g/mol. The number of hydrogen-bond acceptors (Lipinski definition) is 3. The number of rotatable bonds is 4. The van der Waals surface area contributed by atoms with Gasteiger partial charge in [0.15, 0.2) is 0 Å². The molecule has 1 aromatic rings. The molecule has 0 aromatic heterocycles. The molecule has 0 bridgehead atoms. The van der Waals surface area contributed by atoms with E-state index in [4.69, 9.17) is 4.74 Å². The molecule has 3 nitrogen and oxygen atoms in total. The maximum absolute atomic E-state index is 10.7. The molecule has 4 atom stereocenters. The first-order chi connectivity index (χ1) is 9.13. The zero-order valence-corrected chi connectivity index (χ0v) is 12.1. The van der Waals surface area contributed by atoms with Crippen molar-refractivity contribution in [1.82, 2.24) is 4.90 Å². The summed E-state index contributed by atoms with van der Waals surface area (Å²) in [5, 5.41) is 10.7. The second-order valence-corrected chi connectivity index (χ2v) is 5.52. The van der Waals surface area contributed by atoms with E-state index < -0.39 is 6.10 Å². The van der Waals surface area contributed by atoms with Crippen LogP contribution in [0.25, 0.3) is 0 Å². The Morgan fingerprint density at radius 2 is 2.00 bits per heavy atom. The van der Waals surface area contributed by atoms with Crippen molar-refractivity contribution in [2.75, 3.05) is 13.2 Å². The smallest absolute Gasteiger partial charge is 0.0945 e. The minimum Gasteiger partial charge on any atom is -0.387 e. The number of ether oxygens (including phenoxy) is 1. The molecule has 4 unspecified atom stereocenters. The number of aliphatic hydroxyl groups is 1. The minimum atomic E-state index is -0.432. The topological polar surface area (TPSA) is 32.7 Å². The van der Waals surface area contributed by atoms with Gasteiger partial charge in [-0.25, -0.2) is 0 Å². The van der Waals surface area contributed by atoms with Crippen LogP contribution in [0.3, 0.4) is 0 Å². The molecule has 3 heteroatoms. The summed E-state index contributed by atoms with van der Waals surface area (Å²) in [6.45, 7) is 8.05. The maximum atomic E-state index is 10.7. The number of hydrogen-bond donors (Lipinski definition) is 1. The summed E-state index contributed by atoms with van der Waals surface area (Å²) in [7, 11) is 0. The van der Waals surface area contributed by atoms with Gasteiger partial charge in [0, 0.05) is 18.6 Å². The van der Waals surface area contributed by atoms with Crippen molar-refractivity contribution in [2.45, 2.75) is 51.5 Å². The van der Waals surface area contributed by atoms with Crippen LogP contribution in [0.15, 0.2) is 30.3 Å². The summed E-state index contributed by atoms with van der Waals surface area (Å²) in [6.07, 6.45) is 0.750. The van der Waals surface area contributed by atoms with E-state index in [1.54, 1.807) is 0 Å². The van der Waals surface area contributed by atoms with E-state index >= 15 is 0 Å². The van der Waals surface area contributed by atoms with Gasteiger partial charge in [0.2, 0.25) is 0 Å². The summed E-state index contributed by atoms with van der Waals surface area (Å²) < 4.78 is 5.68. The normalized spacial score (nSPS) is 28.0. The van der Waals surface area contributed by atoms with E-state index in [0.717, 1.165) is 25.1 Å². The lowest BCUT2D eigenvalue weighted by atomic mass is 9.96. The SMILES string of the molecule is CCC(C(O)c1ccccc1)N1CC(C)OCC1C. The predicted octanol–water partition coefficient (Wildman–Crippen LogP) is 2.61. The highest BCUT2D eigenvalue weighted by Gasteiger charge is 2.33. The third kappa shape index (κ3) is 3.35. The summed E-state index contributed by atoms with van der Waals surface area (Å²) in [4.78, 5) is 2.39. The Hall–Kier alpha value is -0.900. The first-order valence-corrected chi connectivity index (χ1v) is 7.23. The van der Waals surface area contributed by atoms with E-state index in [1.807, 2.05) is 30.3 Å². The molecule has 0 amide bonds. The van der Waals surface area contributed by atoms with Crippen LogP contribution in [0.4, 0.5) is 0 Å². The fourth-order valence-corrected chi connectivity index (χ4v) is 2.90. The molecule has 106 valence electrons. The van der Waals surface area contributed by atoms with Crippen molar-refractivity contribution in [3.63, 3.8) is 0 Å². The highest BCUT2D eigenvalue weighted by atomic mass is 16.5. The molecule has 0 aliphatic carbocycles. The van der Waals surface area contributed by atoms with Crippen LogP contribution in [0.5, 0.6) is 0 Å². The van der Waals surface area contributed by atoms with E-state index in [9.17, 15) is 5.11 Å². The van der Waals surface area contributed by atoms with Crippen LogP contribution in [-0.2, 0) is 4.74 Å². The van der Waals surface area contributed by atoms with Gasteiger partial charge in [0.25, 0.3) is 0 Å². The van der Waals surface area contributed by atoms with Crippen molar-refractivity contribution in [1.29, 1.82) is 0 Å². The fraction of sp³-hybridized carbons (Fsp3) is 0.625. The monoisotopic (exact) mass is 263 g/mol.